The molecule has 0 aliphatic rings. The molecule has 0 bridgehead atoms. The second-order valence-corrected chi connectivity index (χ2v) is 4.55. The summed E-state index contributed by atoms with van der Waals surface area (Å²) in [4.78, 5) is 12.8. The Bertz CT molecular complexity index is 640. The summed E-state index contributed by atoms with van der Waals surface area (Å²) >= 11 is 0. The lowest BCUT2D eigenvalue weighted by molar-refractivity contribution is 0.0692. The second-order valence-electron chi connectivity index (χ2n) is 4.55. The van der Waals surface area contributed by atoms with Crippen molar-refractivity contribution >= 4 is 17.3 Å². The normalized spacial score (nSPS) is 10.3. The molecule has 0 amide bonds. The Labute approximate surface area is 117 Å². The number of hydrogen-bond donors (Lipinski definition) is 1. The number of carboxylic acids is 1. The van der Waals surface area contributed by atoms with Crippen LogP contribution in [0.25, 0.3) is 0 Å². The van der Waals surface area contributed by atoms with E-state index < -0.39 is 11.8 Å². The van der Waals surface area contributed by atoms with Gasteiger partial charge in [-0.2, -0.15) is 0 Å². The molecule has 20 heavy (non-hydrogen) atoms. The summed E-state index contributed by atoms with van der Waals surface area (Å²) in [6, 6.07) is 12.1. The molecule has 0 saturated carbocycles. The van der Waals surface area contributed by atoms with Gasteiger partial charge in [0.15, 0.2) is 0 Å². The van der Waals surface area contributed by atoms with Crippen LogP contribution in [0.2, 0.25) is 0 Å². The van der Waals surface area contributed by atoms with Crippen LogP contribution in [0.4, 0.5) is 15.8 Å². The maximum Gasteiger partial charge on any atom is 0.338 e. The molecule has 2 rings (SSSR count). The summed E-state index contributed by atoms with van der Waals surface area (Å²) in [6.07, 6.45) is 0. The number of benzene rings is 2. The lowest BCUT2D eigenvalue weighted by Crippen LogP contribution is -2.16. The number of carboxylic acid groups (broad SMARTS) is 1. The van der Waals surface area contributed by atoms with Gasteiger partial charge in [0.1, 0.15) is 5.82 Å². The fraction of sp³-hybridized carbons (Fsp3) is 0.188. The minimum atomic E-state index is -1.26. The summed E-state index contributed by atoms with van der Waals surface area (Å²) in [5.74, 6) is -1.98. The fourth-order valence-electron chi connectivity index (χ4n) is 2.16. The Morgan fingerprint density at radius 3 is 2.45 bits per heavy atom. The molecule has 2 aromatic rings. The van der Waals surface area contributed by atoms with Crippen LogP contribution in [0.5, 0.6) is 0 Å². The fourth-order valence-corrected chi connectivity index (χ4v) is 2.16. The summed E-state index contributed by atoms with van der Waals surface area (Å²) in [5, 5.41) is 8.85. The molecule has 0 radical (unpaired) electrons. The molecule has 0 aliphatic carbocycles. The van der Waals surface area contributed by atoms with E-state index >= 15 is 0 Å². The molecular weight excluding hydrogens is 257 g/mol. The van der Waals surface area contributed by atoms with Crippen LogP contribution < -0.4 is 4.90 Å². The van der Waals surface area contributed by atoms with E-state index in [1.807, 2.05) is 43.0 Å². The highest BCUT2D eigenvalue weighted by molar-refractivity contribution is 5.88. The minimum Gasteiger partial charge on any atom is -0.478 e. The molecule has 104 valence electrons. The Morgan fingerprint density at radius 2 is 1.90 bits per heavy atom. The van der Waals surface area contributed by atoms with E-state index in [0.29, 0.717) is 12.2 Å². The predicted molar refractivity (Wildman–Crippen MR) is 77.2 cm³/mol. The Hall–Kier alpha value is -2.36. The molecule has 0 unspecified atom stereocenters. The average molecular weight is 273 g/mol. The molecular formula is C16H16FNO2. The zero-order valence-corrected chi connectivity index (χ0v) is 11.4. The van der Waals surface area contributed by atoms with Gasteiger partial charge >= 0.3 is 5.97 Å². The number of aryl methyl sites for hydroxylation is 1. The van der Waals surface area contributed by atoms with Crippen molar-refractivity contribution in [3.05, 3.63) is 59.4 Å². The third kappa shape index (κ3) is 2.79. The van der Waals surface area contributed by atoms with E-state index in [9.17, 15) is 9.18 Å². The van der Waals surface area contributed by atoms with Gasteiger partial charge in [-0.15, -0.1) is 0 Å². The number of nitrogens with zero attached hydrogens (tertiary/aromatic N) is 1. The highest BCUT2D eigenvalue weighted by Gasteiger charge is 2.14. The van der Waals surface area contributed by atoms with Crippen molar-refractivity contribution in [3.8, 4) is 0 Å². The predicted octanol–water partition coefficient (Wildman–Crippen LogP) is 3.99. The van der Waals surface area contributed by atoms with Crippen LogP contribution in [0.3, 0.4) is 0 Å². The highest BCUT2D eigenvalue weighted by atomic mass is 19.1. The van der Waals surface area contributed by atoms with Crippen LogP contribution in [0.1, 0.15) is 22.8 Å². The number of anilines is 2. The second kappa shape index (κ2) is 5.74. The molecule has 4 heteroatoms. The van der Waals surface area contributed by atoms with Gasteiger partial charge < -0.3 is 10.0 Å². The summed E-state index contributed by atoms with van der Waals surface area (Å²) in [6.45, 7) is 4.62. The summed E-state index contributed by atoms with van der Waals surface area (Å²) in [5.41, 5.74) is 2.40. The average Bonchev–Trinajstić information content (AvgIpc) is 2.39. The molecule has 0 aliphatic heterocycles. The molecule has 2 aromatic carbocycles. The summed E-state index contributed by atoms with van der Waals surface area (Å²) in [7, 11) is 0. The molecule has 1 N–H and O–H groups in total. The Morgan fingerprint density at radius 1 is 1.20 bits per heavy atom. The van der Waals surface area contributed by atoms with E-state index in [0.717, 1.165) is 11.3 Å². The number of aromatic carboxylic acids is 1. The molecule has 0 atom stereocenters. The first-order valence-corrected chi connectivity index (χ1v) is 6.40. The minimum absolute atomic E-state index is 0.311. The van der Waals surface area contributed by atoms with E-state index in [-0.39, 0.29) is 5.56 Å². The largest absolute Gasteiger partial charge is 0.478 e. The topological polar surface area (TPSA) is 40.5 Å². The van der Waals surface area contributed by atoms with E-state index in [1.165, 1.54) is 12.1 Å². The van der Waals surface area contributed by atoms with Crippen LogP contribution in [0, 0.1) is 12.7 Å². The molecule has 0 heterocycles. The SMILES string of the molecule is CCN(c1cccc(C)c1)c1ccc(C(=O)O)c(F)c1. The van der Waals surface area contributed by atoms with Crippen molar-refractivity contribution in [2.24, 2.45) is 0 Å². The molecule has 0 saturated heterocycles. The highest BCUT2D eigenvalue weighted by Crippen LogP contribution is 2.27. The van der Waals surface area contributed by atoms with Crippen LogP contribution in [0.15, 0.2) is 42.5 Å². The number of halogens is 1. The maximum absolute atomic E-state index is 13.8. The number of rotatable bonds is 4. The van der Waals surface area contributed by atoms with Gasteiger partial charge in [-0.05, 0) is 49.7 Å². The van der Waals surface area contributed by atoms with E-state index in [4.69, 9.17) is 5.11 Å². The monoisotopic (exact) mass is 273 g/mol. The lowest BCUT2D eigenvalue weighted by atomic mass is 10.1. The van der Waals surface area contributed by atoms with Gasteiger partial charge in [0, 0.05) is 17.9 Å². The van der Waals surface area contributed by atoms with Gasteiger partial charge in [0.05, 0.1) is 5.56 Å². The maximum atomic E-state index is 13.8. The Kier molecular flexibility index (Phi) is 4.03. The third-order valence-electron chi connectivity index (χ3n) is 3.12. The first-order valence-electron chi connectivity index (χ1n) is 6.40. The van der Waals surface area contributed by atoms with Crippen molar-refractivity contribution in [2.45, 2.75) is 13.8 Å². The third-order valence-corrected chi connectivity index (χ3v) is 3.12. The summed E-state index contributed by atoms with van der Waals surface area (Å²) < 4.78 is 13.8. The van der Waals surface area contributed by atoms with Crippen molar-refractivity contribution in [1.29, 1.82) is 0 Å². The molecule has 0 aromatic heterocycles. The molecule has 0 fully saturated rings. The molecule has 0 spiro atoms. The van der Waals surface area contributed by atoms with Crippen molar-refractivity contribution in [3.63, 3.8) is 0 Å². The smallest absolute Gasteiger partial charge is 0.338 e. The van der Waals surface area contributed by atoms with Crippen LogP contribution in [-0.4, -0.2) is 17.6 Å². The zero-order chi connectivity index (χ0) is 14.7. The number of carbonyl (C=O) groups is 1. The van der Waals surface area contributed by atoms with Crippen molar-refractivity contribution in [2.75, 3.05) is 11.4 Å². The van der Waals surface area contributed by atoms with Gasteiger partial charge in [-0.25, -0.2) is 9.18 Å². The van der Waals surface area contributed by atoms with Crippen LogP contribution >= 0.6 is 0 Å². The van der Waals surface area contributed by atoms with Gasteiger partial charge in [-0.1, -0.05) is 12.1 Å². The zero-order valence-electron chi connectivity index (χ0n) is 11.4. The Balaban J connectivity index is 2.42. The quantitative estimate of drug-likeness (QED) is 0.915. The van der Waals surface area contributed by atoms with E-state index in [2.05, 4.69) is 0 Å². The first-order chi connectivity index (χ1) is 9.52. The van der Waals surface area contributed by atoms with Crippen LogP contribution in [-0.2, 0) is 0 Å². The van der Waals surface area contributed by atoms with Gasteiger partial charge in [-0.3, -0.25) is 0 Å². The van der Waals surface area contributed by atoms with Gasteiger partial charge in [0.25, 0.3) is 0 Å². The number of hydrogen-bond acceptors (Lipinski definition) is 2. The van der Waals surface area contributed by atoms with Crippen molar-refractivity contribution < 1.29 is 14.3 Å². The van der Waals surface area contributed by atoms with Gasteiger partial charge in [0.2, 0.25) is 0 Å². The molecule has 3 nitrogen and oxygen atoms in total. The van der Waals surface area contributed by atoms with Crippen molar-refractivity contribution in [1.82, 2.24) is 0 Å². The lowest BCUT2D eigenvalue weighted by Gasteiger charge is -2.24. The standard InChI is InChI=1S/C16H16FNO2/c1-3-18(12-6-4-5-11(2)9-12)13-7-8-14(16(19)20)15(17)10-13/h4-10H,3H2,1-2H3,(H,19,20). The first kappa shape index (κ1) is 14.1. The van der Waals surface area contributed by atoms with E-state index in [1.54, 1.807) is 6.07 Å².